The molecular formula is C27H32N6O2. The molecular weight excluding hydrogens is 440 g/mol. The van der Waals surface area contributed by atoms with E-state index < -0.39 is 5.54 Å². The highest BCUT2D eigenvalue weighted by Gasteiger charge is 2.28. The van der Waals surface area contributed by atoms with E-state index in [4.69, 9.17) is 15.6 Å². The molecule has 1 amide bonds. The van der Waals surface area contributed by atoms with E-state index in [1.54, 1.807) is 0 Å². The average molecular weight is 473 g/mol. The third-order valence-electron chi connectivity index (χ3n) is 5.91. The number of aryl methyl sites for hydroxylation is 1. The number of nitrogens with one attached hydrogen (secondary N) is 1. The number of aromatic nitrogens is 4. The lowest BCUT2D eigenvalue weighted by Gasteiger charge is -2.26. The first-order valence-electron chi connectivity index (χ1n) is 11.8. The van der Waals surface area contributed by atoms with Gasteiger partial charge in [-0.15, -0.1) is 0 Å². The molecule has 0 bridgehead atoms. The molecule has 2 aromatic carbocycles. The molecule has 0 atom stereocenters. The van der Waals surface area contributed by atoms with Crippen LogP contribution < -0.4 is 11.1 Å². The van der Waals surface area contributed by atoms with Crippen molar-refractivity contribution in [3.05, 3.63) is 72.1 Å². The number of nitrogens with two attached hydrogens (primary N) is 1. The van der Waals surface area contributed by atoms with Crippen molar-refractivity contribution in [1.82, 2.24) is 25.1 Å². The van der Waals surface area contributed by atoms with E-state index in [0.717, 1.165) is 22.4 Å². The zero-order valence-corrected chi connectivity index (χ0v) is 20.5. The van der Waals surface area contributed by atoms with E-state index >= 15 is 0 Å². The fourth-order valence-electron chi connectivity index (χ4n) is 3.89. The minimum Gasteiger partial charge on any atom is -0.383 e. The van der Waals surface area contributed by atoms with Gasteiger partial charge < -0.3 is 15.8 Å². The second-order valence-electron chi connectivity index (χ2n) is 9.31. The van der Waals surface area contributed by atoms with Crippen LogP contribution in [0.4, 0.5) is 5.82 Å². The first-order valence-corrected chi connectivity index (χ1v) is 11.8. The zero-order valence-electron chi connectivity index (χ0n) is 20.5. The normalized spacial score (nSPS) is 11.6. The minimum absolute atomic E-state index is 0.0225. The van der Waals surface area contributed by atoms with E-state index in [-0.39, 0.29) is 5.91 Å². The minimum atomic E-state index is -0.540. The number of fused-ring (bicyclic) bond motifs is 1. The van der Waals surface area contributed by atoms with Gasteiger partial charge in [0.15, 0.2) is 5.65 Å². The van der Waals surface area contributed by atoms with Gasteiger partial charge in [0.1, 0.15) is 17.8 Å². The molecule has 8 nitrogen and oxygen atoms in total. The van der Waals surface area contributed by atoms with Gasteiger partial charge in [-0.05, 0) is 32.8 Å². The molecule has 0 spiro atoms. The molecule has 4 aromatic rings. The molecule has 0 saturated heterocycles. The molecule has 0 saturated carbocycles. The molecule has 0 unspecified atom stereocenters. The number of hydrogen-bond acceptors (Lipinski definition) is 6. The summed E-state index contributed by atoms with van der Waals surface area (Å²) in [7, 11) is 0. The molecule has 0 aliphatic carbocycles. The number of carbonyl (C=O) groups is 1. The Kier molecular flexibility index (Phi) is 7.41. The van der Waals surface area contributed by atoms with Crippen LogP contribution in [0.5, 0.6) is 0 Å². The van der Waals surface area contributed by atoms with Crippen LogP contribution in [0, 0.1) is 6.92 Å². The van der Waals surface area contributed by atoms with Gasteiger partial charge in [0, 0.05) is 25.1 Å². The Balaban J connectivity index is 1.39. The van der Waals surface area contributed by atoms with E-state index in [0.29, 0.717) is 49.5 Å². The van der Waals surface area contributed by atoms with Crippen LogP contribution in [-0.4, -0.2) is 38.8 Å². The summed E-state index contributed by atoms with van der Waals surface area (Å²) >= 11 is 0. The van der Waals surface area contributed by atoms with E-state index in [1.165, 1.54) is 6.33 Å². The molecule has 4 rings (SSSR count). The molecule has 8 heteroatoms. The third kappa shape index (κ3) is 5.84. The molecule has 2 heterocycles. The molecule has 0 aliphatic rings. The lowest BCUT2D eigenvalue weighted by Crippen LogP contribution is -2.41. The molecule has 35 heavy (non-hydrogen) atoms. The van der Waals surface area contributed by atoms with Crippen molar-refractivity contribution in [2.24, 2.45) is 0 Å². The van der Waals surface area contributed by atoms with Crippen molar-refractivity contribution in [2.75, 3.05) is 18.9 Å². The molecule has 0 aliphatic heterocycles. The quantitative estimate of drug-likeness (QED) is 0.334. The van der Waals surface area contributed by atoms with Gasteiger partial charge in [-0.1, -0.05) is 60.2 Å². The SMILES string of the molecule is Cc1ccc(-c2nn(C(C)(C)CNC(=O)CCCOCc3ccccc3)c3ncnc(N)c23)cc1. The van der Waals surface area contributed by atoms with E-state index in [2.05, 4.69) is 15.3 Å². The number of hydrogen-bond donors (Lipinski definition) is 2. The fourth-order valence-corrected chi connectivity index (χ4v) is 3.89. The van der Waals surface area contributed by atoms with Gasteiger partial charge in [-0.25, -0.2) is 14.6 Å². The highest BCUT2D eigenvalue weighted by Crippen LogP contribution is 2.33. The molecule has 0 fully saturated rings. The third-order valence-corrected chi connectivity index (χ3v) is 5.91. The number of carbonyl (C=O) groups excluding carboxylic acids is 1. The van der Waals surface area contributed by atoms with Crippen molar-refractivity contribution < 1.29 is 9.53 Å². The summed E-state index contributed by atoms with van der Waals surface area (Å²) in [6.07, 6.45) is 2.50. The highest BCUT2D eigenvalue weighted by atomic mass is 16.5. The second kappa shape index (κ2) is 10.7. The Labute approximate surface area is 205 Å². The number of ether oxygens (including phenoxy) is 1. The van der Waals surface area contributed by atoms with E-state index in [9.17, 15) is 4.79 Å². The first-order chi connectivity index (χ1) is 16.8. The summed E-state index contributed by atoms with van der Waals surface area (Å²) in [5.74, 6) is 0.359. The maximum absolute atomic E-state index is 12.5. The van der Waals surface area contributed by atoms with Gasteiger partial charge in [0.25, 0.3) is 0 Å². The van der Waals surface area contributed by atoms with E-state index in [1.807, 2.05) is 80.1 Å². The topological polar surface area (TPSA) is 108 Å². The number of rotatable bonds is 10. The molecule has 0 radical (unpaired) electrons. The standard InChI is InChI=1S/C27H32N6O2/c1-19-11-13-21(14-12-19)24-23-25(28)30-18-31-26(23)33(32-24)27(2,3)17-29-22(34)10-7-15-35-16-20-8-5-4-6-9-20/h4-6,8-9,11-14,18H,7,10,15-17H2,1-3H3,(H,29,34)(H2,28,30,31). The monoisotopic (exact) mass is 472 g/mol. The lowest BCUT2D eigenvalue weighted by atomic mass is 10.1. The molecule has 2 aromatic heterocycles. The van der Waals surface area contributed by atoms with Gasteiger partial charge in [0.2, 0.25) is 5.91 Å². The summed E-state index contributed by atoms with van der Waals surface area (Å²) in [5.41, 5.74) is 10.3. The van der Waals surface area contributed by atoms with Crippen LogP contribution in [0.2, 0.25) is 0 Å². The summed E-state index contributed by atoms with van der Waals surface area (Å²) in [6, 6.07) is 18.1. The maximum atomic E-state index is 12.5. The number of nitrogens with zero attached hydrogens (tertiary/aromatic N) is 4. The van der Waals surface area contributed by atoms with Crippen molar-refractivity contribution >= 4 is 22.8 Å². The van der Waals surface area contributed by atoms with Crippen molar-refractivity contribution in [2.45, 2.75) is 45.8 Å². The number of benzene rings is 2. The van der Waals surface area contributed by atoms with Crippen LogP contribution in [0.1, 0.15) is 37.8 Å². The lowest BCUT2D eigenvalue weighted by molar-refractivity contribution is -0.121. The Morgan fingerprint density at radius 1 is 1.09 bits per heavy atom. The van der Waals surface area contributed by atoms with Crippen molar-refractivity contribution in [1.29, 1.82) is 0 Å². The van der Waals surface area contributed by atoms with Crippen LogP contribution >= 0.6 is 0 Å². The zero-order chi connectivity index (χ0) is 24.8. The number of anilines is 1. The van der Waals surface area contributed by atoms with Crippen LogP contribution in [0.15, 0.2) is 60.9 Å². The van der Waals surface area contributed by atoms with Crippen LogP contribution in [-0.2, 0) is 21.7 Å². The van der Waals surface area contributed by atoms with Gasteiger partial charge in [0.05, 0.1) is 17.5 Å². The number of nitrogen functional groups attached to an aromatic ring is 1. The summed E-state index contributed by atoms with van der Waals surface area (Å²) in [5, 5.41) is 8.63. The summed E-state index contributed by atoms with van der Waals surface area (Å²) in [4.78, 5) is 21.1. The Bertz CT molecular complexity index is 1280. The maximum Gasteiger partial charge on any atom is 0.220 e. The highest BCUT2D eigenvalue weighted by molar-refractivity contribution is 5.98. The van der Waals surface area contributed by atoms with Gasteiger partial charge in [-0.2, -0.15) is 5.10 Å². The summed E-state index contributed by atoms with van der Waals surface area (Å²) < 4.78 is 7.51. The largest absolute Gasteiger partial charge is 0.383 e. The Morgan fingerprint density at radius 2 is 1.83 bits per heavy atom. The Hall–Kier alpha value is -3.78. The molecule has 3 N–H and O–H groups in total. The van der Waals surface area contributed by atoms with Gasteiger partial charge >= 0.3 is 0 Å². The second-order valence-corrected chi connectivity index (χ2v) is 9.31. The predicted molar refractivity (Wildman–Crippen MR) is 138 cm³/mol. The van der Waals surface area contributed by atoms with Gasteiger partial charge in [-0.3, -0.25) is 4.79 Å². The van der Waals surface area contributed by atoms with Crippen LogP contribution in [0.25, 0.3) is 22.3 Å². The van der Waals surface area contributed by atoms with Crippen molar-refractivity contribution in [3.8, 4) is 11.3 Å². The smallest absolute Gasteiger partial charge is 0.220 e. The predicted octanol–water partition coefficient (Wildman–Crippen LogP) is 4.23. The summed E-state index contributed by atoms with van der Waals surface area (Å²) in [6.45, 7) is 7.55. The van der Waals surface area contributed by atoms with Crippen LogP contribution in [0.3, 0.4) is 0 Å². The number of amides is 1. The van der Waals surface area contributed by atoms with Crippen molar-refractivity contribution in [3.63, 3.8) is 0 Å². The Morgan fingerprint density at radius 3 is 2.57 bits per heavy atom. The average Bonchev–Trinajstić information content (AvgIpc) is 3.26. The first kappa shape index (κ1) is 24.3. The molecule has 182 valence electrons. The fraction of sp³-hybridized carbons (Fsp3) is 0.333.